The number of likely N-dealkylation sites (tertiary alicyclic amines) is 1. The standard InChI is InChI=1S/C33H54N4O4/c1-22(2)26(20-23(3)30(39)37-19-15-18-25(37)21-41-11)36(10)31(40)28(32(4,5)6)35-29(38)27(34-9)33(7,8)24-16-13-12-14-17-24/h12-14,16-17,20,22,25-28,34H,15,18-19,21H2,1-11H3,(H,35,38)/b23-20+/t25?,26-,27-,28?/m1/s1. The molecule has 1 aromatic rings. The lowest BCUT2D eigenvalue weighted by Gasteiger charge is -2.40. The quantitative estimate of drug-likeness (QED) is 0.369. The Morgan fingerprint density at radius 2 is 1.71 bits per heavy atom. The maximum absolute atomic E-state index is 14.1. The minimum absolute atomic E-state index is 0.0169. The maximum atomic E-state index is 14.1. The Labute approximate surface area is 248 Å². The van der Waals surface area contributed by atoms with Gasteiger partial charge in [0.25, 0.3) is 0 Å². The van der Waals surface area contributed by atoms with Crippen molar-refractivity contribution in [3.05, 3.63) is 47.5 Å². The Bertz CT molecular complexity index is 1060. The van der Waals surface area contributed by atoms with Gasteiger partial charge in [-0.15, -0.1) is 0 Å². The highest BCUT2D eigenvalue weighted by Gasteiger charge is 2.41. The van der Waals surface area contributed by atoms with Crippen LogP contribution in [0.1, 0.15) is 73.8 Å². The van der Waals surface area contributed by atoms with E-state index < -0.39 is 22.9 Å². The van der Waals surface area contributed by atoms with Crippen LogP contribution >= 0.6 is 0 Å². The van der Waals surface area contributed by atoms with Crippen molar-refractivity contribution in [2.24, 2.45) is 11.3 Å². The smallest absolute Gasteiger partial charge is 0.249 e. The summed E-state index contributed by atoms with van der Waals surface area (Å²) in [5.41, 5.74) is 0.576. The first-order valence-corrected chi connectivity index (χ1v) is 14.9. The molecule has 3 amide bonds. The molecule has 8 nitrogen and oxygen atoms in total. The van der Waals surface area contributed by atoms with Crippen molar-refractivity contribution in [3.8, 4) is 0 Å². The highest BCUT2D eigenvalue weighted by atomic mass is 16.5. The van der Waals surface area contributed by atoms with Crippen molar-refractivity contribution in [3.63, 3.8) is 0 Å². The number of rotatable bonds is 12. The van der Waals surface area contributed by atoms with Crippen molar-refractivity contribution in [2.45, 2.75) is 97.8 Å². The zero-order chi connectivity index (χ0) is 31.1. The molecule has 41 heavy (non-hydrogen) atoms. The number of carbonyl (C=O) groups excluding carboxylic acids is 3. The highest BCUT2D eigenvalue weighted by molar-refractivity contribution is 5.94. The van der Waals surface area contributed by atoms with Crippen LogP contribution in [0.5, 0.6) is 0 Å². The van der Waals surface area contributed by atoms with Gasteiger partial charge >= 0.3 is 0 Å². The molecule has 1 heterocycles. The van der Waals surface area contributed by atoms with E-state index in [4.69, 9.17) is 4.74 Å². The second kappa shape index (κ2) is 14.5. The van der Waals surface area contributed by atoms with Gasteiger partial charge in [-0.05, 0) is 43.7 Å². The van der Waals surface area contributed by atoms with Gasteiger partial charge in [-0.1, -0.05) is 84.9 Å². The van der Waals surface area contributed by atoms with Gasteiger partial charge in [-0.2, -0.15) is 0 Å². The van der Waals surface area contributed by atoms with Crippen LogP contribution in [-0.2, 0) is 24.5 Å². The fourth-order valence-electron chi connectivity index (χ4n) is 5.85. The van der Waals surface area contributed by atoms with Crippen molar-refractivity contribution in [2.75, 3.05) is 34.4 Å². The van der Waals surface area contributed by atoms with Crippen LogP contribution in [-0.4, -0.2) is 86.0 Å². The SMILES string of the molecule is CN[C@H](C(=O)NC(C(=O)N(C)[C@H](/C=C(\C)C(=O)N1CCCC1COC)C(C)C)C(C)(C)C)C(C)(C)c1ccccc1. The summed E-state index contributed by atoms with van der Waals surface area (Å²) in [6.07, 6.45) is 3.80. The summed E-state index contributed by atoms with van der Waals surface area (Å²) in [4.78, 5) is 44.8. The molecule has 1 aliphatic heterocycles. The molecule has 230 valence electrons. The Morgan fingerprint density at radius 1 is 1.10 bits per heavy atom. The number of hydrogen-bond donors (Lipinski definition) is 2. The lowest BCUT2D eigenvalue weighted by Crippen LogP contribution is -2.61. The Hall–Kier alpha value is -2.71. The molecular weight excluding hydrogens is 516 g/mol. The van der Waals surface area contributed by atoms with E-state index in [2.05, 4.69) is 10.6 Å². The number of carbonyl (C=O) groups is 3. The average Bonchev–Trinajstić information content (AvgIpc) is 3.37. The normalized spacial score (nSPS) is 18.7. The minimum Gasteiger partial charge on any atom is -0.383 e. The van der Waals surface area contributed by atoms with Crippen LogP contribution in [0, 0.1) is 11.3 Å². The number of nitrogens with zero attached hydrogens (tertiary/aromatic N) is 2. The summed E-state index contributed by atoms with van der Waals surface area (Å²) in [6.45, 7) is 17.1. The molecule has 1 fully saturated rings. The molecule has 0 aromatic heterocycles. The van der Waals surface area contributed by atoms with Crippen LogP contribution in [0.15, 0.2) is 42.0 Å². The van der Waals surface area contributed by atoms with Gasteiger partial charge in [0.05, 0.1) is 24.7 Å². The molecule has 2 unspecified atom stereocenters. The summed E-state index contributed by atoms with van der Waals surface area (Å²) in [7, 11) is 5.19. The zero-order valence-electron chi connectivity index (χ0n) is 27.2. The van der Waals surface area contributed by atoms with E-state index in [0.717, 1.165) is 18.4 Å². The molecule has 1 saturated heterocycles. The molecule has 2 N–H and O–H groups in total. The van der Waals surface area contributed by atoms with Crippen LogP contribution in [0.4, 0.5) is 0 Å². The Kier molecular flexibility index (Phi) is 12.2. The molecule has 1 aromatic carbocycles. The molecule has 0 spiro atoms. The van der Waals surface area contributed by atoms with Crippen LogP contribution in [0.3, 0.4) is 0 Å². The third kappa shape index (κ3) is 8.41. The molecule has 4 atom stereocenters. The Morgan fingerprint density at radius 3 is 2.22 bits per heavy atom. The second-order valence-electron chi connectivity index (χ2n) is 13.4. The first kappa shape index (κ1) is 34.5. The number of methoxy groups -OCH3 is 1. The molecule has 0 radical (unpaired) electrons. The number of amides is 3. The highest BCUT2D eigenvalue weighted by Crippen LogP contribution is 2.29. The summed E-state index contributed by atoms with van der Waals surface area (Å²) in [6, 6.07) is 8.34. The first-order valence-electron chi connectivity index (χ1n) is 14.9. The number of nitrogens with one attached hydrogen (secondary N) is 2. The summed E-state index contributed by atoms with van der Waals surface area (Å²) in [5.74, 6) is -0.383. The molecule has 0 saturated carbocycles. The zero-order valence-corrected chi connectivity index (χ0v) is 27.2. The third-order valence-electron chi connectivity index (χ3n) is 8.42. The lowest BCUT2D eigenvalue weighted by molar-refractivity contribution is -0.141. The second-order valence-corrected chi connectivity index (χ2v) is 13.4. The molecule has 1 aliphatic rings. The number of hydrogen-bond acceptors (Lipinski definition) is 5. The minimum atomic E-state index is -0.766. The fraction of sp³-hybridized carbons (Fsp3) is 0.667. The average molecular weight is 571 g/mol. The fourth-order valence-corrected chi connectivity index (χ4v) is 5.85. The van der Waals surface area contributed by atoms with Crippen LogP contribution < -0.4 is 10.6 Å². The van der Waals surface area contributed by atoms with E-state index in [9.17, 15) is 14.4 Å². The van der Waals surface area contributed by atoms with Crippen LogP contribution in [0.2, 0.25) is 0 Å². The largest absolute Gasteiger partial charge is 0.383 e. The summed E-state index contributed by atoms with van der Waals surface area (Å²) < 4.78 is 5.33. The van der Waals surface area contributed by atoms with Gasteiger partial charge in [0.1, 0.15) is 6.04 Å². The molecule has 0 bridgehead atoms. The Balaban J connectivity index is 2.32. The van der Waals surface area contributed by atoms with Crippen molar-refractivity contribution >= 4 is 17.7 Å². The monoisotopic (exact) mass is 570 g/mol. The van der Waals surface area contributed by atoms with Gasteiger partial charge in [-0.25, -0.2) is 0 Å². The molecule has 8 heteroatoms. The predicted molar refractivity (Wildman–Crippen MR) is 165 cm³/mol. The summed E-state index contributed by atoms with van der Waals surface area (Å²) in [5, 5.41) is 6.28. The third-order valence-corrected chi connectivity index (χ3v) is 8.42. The number of benzene rings is 1. The topological polar surface area (TPSA) is 91.0 Å². The van der Waals surface area contributed by atoms with Crippen molar-refractivity contribution in [1.82, 2.24) is 20.4 Å². The van der Waals surface area contributed by atoms with Crippen molar-refractivity contribution < 1.29 is 19.1 Å². The van der Waals surface area contributed by atoms with E-state index >= 15 is 0 Å². The molecule has 2 rings (SSSR count). The van der Waals surface area contributed by atoms with E-state index in [0.29, 0.717) is 18.7 Å². The summed E-state index contributed by atoms with van der Waals surface area (Å²) >= 11 is 0. The maximum Gasteiger partial charge on any atom is 0.249 e. The van der Waals surface area contributed by atoms with Crippen molar-refractivity contribution in [1.29, 1.82) is 0 Å². The first-order chi connectivity index (χ1) is 19.1. The lowest BCUT2D eigenvalue weighted by atomic mass is 9.76. The molecule has 0 aliphatic carbocycles. The van der Waals surface area contributed by atoms with E-state index in [1.165, 1.54) is 0 Å². The number of likely N-dealkylation sites (N-methyl/N-ethyl adjacent to an activating group) is 2. The van der Waals surface area contributed by atoms with Gasteiger partial charge in [0.2, 0.25) is 17.7 Å². The van der Waals surface area contributed by atoms with Gasteiger partial charge in [0, 0.05) is 31.7 Å². The van der Waals surface area contributed by atoms with E-state index in [-0.39, 0.29) is 35.7 Å². The van der Waals surface area contributed by atoms with Gasteiger partial charge < -0.3 is 25.2 Å². The number of ether oxygens (including phenoxy) is 1. The van der Waals surface area contributed by atoms with E-state index in [1.807, 2.05) is 96.7 Å². The van der Waals surface area contributed by atoms with E-state index in [1.54, 1.807) is 26.1 Å². The molecular formula is C33H54N4O4. The van der Waals surface area contributed by atoms with Gasteiger partial charge in [-0.3, -0.25) is 14.4 Å². The van der Waals surface area contributed by atoms with Crippen LogP contribution in [0.25, 0.3) is 0 Å². The van der Waals surface area contributed by atoms with Gasteiger partial charge in [0.15, 0.2) is 0 Å². The predicted octanol–water partition coefficient (Wildman–Crippen LogP) is 4.15.